The molecule has 45 heavy (non-hydrogen) atoms. The van der Waals surface area contributed by atoms with Gasteiger partial charge in [-0.3, -0.25) is 9.69 Å². The third-order valence-electron chi connectivity index (χ3n) is 10.2. The number of anilines is 2. The standard InChI is InChI=1S/C34H38F2N6O3/c1-2-25-26(36)8-7-22-14-24(43)15-28(29(22)25)42-19-27-30(32(42)44)31(40-12-4-3-6-21(17-40)9-11-37)39-33(38-27)45-20-34-10-5-13-41(34)18-23(35)16-34/h7-8,14-15,21,23,43H,2-6,9-10,12-13,16-20H2,1H3/t21-,23-,34+/m1/s1. The summed E-state index contributed by atoms with van der Waals surface area (Å²) in [7, 11) is 0. The molecule has 3 saturated heterocycles. The molecule has 0 saturated carbocycles. The first-order valence-corrected chi connectivity index (χ1v) is 16.1. The number of alkyl halides is 1. The Labute approximate surface area is 261 Å². The molecule has 9 nitrogen and oxygen atoms in total. The van der Waals surface area contributed by atoms with Gasteiger partial charge < -0.3 is 19.6 Å². The average molecular weight is 617 g/mol. The summed E-state index contributed by atoms with van der Waals surface area (Å²) in [6.45, 7) is 4.71. The van der Waals surface area contributed by atoms with Gasteiger partial charge in [-0.2, -0.15) is 15.2 Å². The minimum atomic E-state index is -0.888. The van der Waals surface area contributed by atoms with E-state index in [1.807, 2.05) is 6.92 Å². The maximum Gasteiger partial charge on any atom is 0.318 e. The number of rotatable bonds is 7. The molecule has 236 valence electrons. The third kappa shape index (κ3) is 5.23. The zero-order valence-corrected chi connectivity index (χ0v) is 25.6. The lowest BCUT2D eigenvalue weighted by Crippen LogP contribution is -2.43. The van der Waals surface area contributed by atoms with Gasteiger partial charge in [0.1, 0.15) is 35.7 Å². The summed E-state index contributed by atoms with van der Waals surface area (Å²) in [5, 5.41) is 21.3. The number of ether oxygens (including phenoxy) is 1. The molecule has 0 radical (unpaired) electrons. The maximum atomic E-state index is 15.0. The van der Waals surface area contributed by atoms with Crippen LogP contribution in [-0.4, -0.2) is 70.4 Å². The average Bonchev–Trinajstić information content (AvgIpc) is 3.58. The molecule has 3 aromatic rings. The molecule has 1 amide bonds. The number of hydrogen-bond acceptors (Lipinski definition) is 8. The summed E-state index contributed by atoms with van der Waals surface area (Å²) in [5.41, 5.74) is 1.35. The van der Waals surface area contributed by atoms with E-state index < -0.39 is 6.17 Å². The van der Waals surface area contributed by atoms with Crippen molar-refractivity contribution in [2.45, 2.75) is 76.5 Å². The van der Waals surface area contributed by atoms with Crippen LogP contribution in [0.15, 0.2) is 24.3 Å². The number of aromatic nitrogens is 2. The monoisotopic (exact) mass is 616 g/mol. The highest BCUT2D eigenvalue weighted by Crippen LogP contribution is 2.43. The third-order valence-corrected chi connectivity index (χ3v) is 10.2. The highest BCUT2D eigenvalue weighted by atomic mass is 19.1. The number of carbonyl (C=O) groups is 1. The number of halogens is 2. The molecule has 11 heteroatoms. The van der Waals surface area contributed by atoms with Crippen molar-refractivity contribution in [3.8, 4) is 17.8 Å². The molecule has 5 heterocycles. The summed E-state index contributed by atoms with van der Waals surface area (Å²) >= 11 is 0. The topological polar surface area (TPSA) is 106 Å². The lowest BCUT2D eigenvalue weighted by molar-refractivity contribution is 0.0996. The molecule has 4 aliphatic rings. The number of benzene rings is 2. The zero-order chi connectivity index (χ0) is 31.3. The first-order chi connectivity index (χ1) is 21.8. The van der Waals surface area contributed by atoms with Crippen molar-refractivity contribution < 1.29 is 23.4 Å². The number of aryl methyl sites for hydroxylation is 1. The predicted octanol–water partition coefficient (Wildman–Crippen LogP) is 5.67. The van der Waals surface area contributed by atoms with Crippen LogP contribution in [0.4, 0.5) is 20.3 Å². The second-order valence-electron chi connectivity index (χ2n) is 13.0. The van der Waals surface area contributed by atoms with Gasteiger partial charge in [0, 0.05) is 43.9 Å². The van der Waals surface area contributed by atoms with Crippen molar-refractivity contribution >= 4 is 28.2 Å². The fraction of sp³-hybridized carbons (Fsp3) is 0.529. The van der Waals surface area contributed by atoms with Gasteiger partial charge in [-0.25, -0.2) is 8.78 Å². The maximum absolute atomic E-state index is 15.0. The Morgan fingerprint density at radius 3 is 2.87 bits per heavy atom. The van der Waals surface area contributed by atoms with E-state index in [4.69, 9.17) is 14.7 Å². The fourth-order valence-corrected chi connectivity index (χ4v) is 8.05. The molecule has 1 aromatic heterocycles. The van der Waals surface area contributed by atoms with Crippen LogP contribution in [-0.2, 0) is 13.0 Å². The Balaban J connectivity index is 1.30. The second kappa shape index (κ2) is 11.7. The van der Waals surface area contributed by atoms with Crippen molar-refractivity contribution in [1.29, 1.82) is 5.26 Å². The van der Waals surface area contributed by atoms with E-state index in [0.29, 0.717) is 78.0 Å². The molecular formula is C34H38F2N6O3. The SMILES string of the molecule is CCc1c(F)ccc2cc(O)cc(N3Cc4nc(OC[C@@]56CCCN5C[C@H](F)C6)nc(N5CCCC[C@H](CC#N)C5)c4C3=O)c12. The second-order valence-corrected chi connectivity index (χ2v) is 13.0. The number of hydrogen-bond donors (Lipinski definition) is 1. The number of carbonyl (C=O) groups excluding carboxylic acids is 1. The summed E-state index contributed by atoms with van der Waals surface area (Å²) in [6.07, 6.45) is 4.97. The lowest BCUT2D eigenvalue weighted by Gasteiger charge is -2.31. The molecule has 1 N–H and O–H groups in total. The summed E-state index contributed by atoms with van der Waals surface area (Å²) in [5.74, 6) is -0.124. The van der Waals surface area contributed by atoms with Crippen molar-refractivity contribution in [3.05, 3.63) is 46.9 Å². The highest BCUT2D eigenvalue weighted by Gasteiger charge is 2.49. The van der Waals surface area contributed by atoms with Gasteiger partial charge in [-0.05, 0) is 67.6 Å². The van der Waals surface area contributed by atoms with Gasteiger partial charge in [0.15, 0.2) is 0 Å². The van der Waals surface area contributed by atoms with Crippen molar-refractivity contribution in [1.82, 2.24) is 14.9 Å². The van der Waals surface area contributed by atoms with Crippen LogP contribution in [0.25, 0.3) is 10.8 Å². The first-order valence-electron chi connectivity index (χ1n) is 16.1. The van der Waals surface area contributed by atoms with Crippen LogP contribution in [0.5, 0.6) is 11.8 Å². The molecule has 2 aromatic carbocycles. The van der Waals surface area contributed by atoms with Gasteiger partial charge in [0.05, 0.1) is 29.5 Å². The Morgan fingerprint density at radius 1 is 1.18 bits per heavy atom. The molecule has 3 fully saturated rings. The normalized spacial score (nSPS) is 25.0. The van der Waals surface area contributed by atoms with E-state index in [0.717, 1.165) is 38.6 Å². The quantitative estimate of drug-likeness (QED) is 0.362. The number of nitrogens with zero attached hydrogens (tertiary/aromatic N) is 6. The van der Waals surface area contributed by atoms with E-state index in [-0.39, 0.29) is 48.1 Å². The molecule has 3 atom stereocenters. The van der Waals surface area contributed by atoms with E-state index in [1.165, 1.54) is 12.1 Å². The fourth-order valence-electron chi connectivity index (χ4n) is 8.05. The minimum Gasteiger partial charge on any atom is -0.508 e. The van der Waals surface area contributed by atoms with Gasteiger partial charge in [-0.15, -0.1) is 0 Å². The van der Waals surface area contributed by atoms with Gasteiger partial charge in [-0.1, -0.05) is 19.4 Å². The van der Waals surface area contributed by atoms with Crippen molar-refractivity contribution in [3.63, 3.8) is 0 Å². The van der Waals surface area contributed by atoms with Gasteiger partial charge in [0.25, 0.3) is 5.91 Å². The first kappa shape index (κ1) is 29.7. The van der Waals surface area contributed by atoms with Gasteiger partial charge in [0.2, 0.25) is 0 Å². The van der Waals surface area contributed by atoms with Gasteiger partial charge >= 0.3 is 6.01 Å². The number of fused-ring (bicyclic) bond motifs is 3. The van der Waals surface area contributed by atoms with Crippen LogP contribution in [0, 0.1) is 23.1 Å². The summed E-state index contributed by atoms with van der Waals surface area (Å²) < 4.78 is 35.8. The highest BCUT2D eigenvalue weighted by molar-refractivity contribution is 6.16. The Bertz CT molecular complexity index is 1690. The van der Waals surface area contributed by atoms with E-state index in [9.17, 15) is 19.6 Å². The van der Waals surface area contributed by atoms with E-state index in [1.54, 1.807) is 17.0 Å². The molecule has 0 bridgehead atoms. The number of phenols is 1. The summed E-state index contributed by atoms with van der Waals surface area (Å²) in [6, 6.07) is 8.52. The molecule has 0 aliphatic carbocycles. The van der Waals surface area contributed by atoms with Crippen LogP contribution >= 0.6 is 0 Å². The largest absolute Gasteiger partial charge is 0.508 e. The van der Waals surface area contributed by atoms with E-state index in [2.05, 4.69) is 15.9 Å². The Morgan fingerprint density at radius 2 is 2.04 bits per heavy atom. The predicted molar refractivity (Wildman–Crippen MR) is 166 cm³/mol. The van der Waals surface area contributed by atoms with Crippen LogP contribution < -0.4 is 14.5 Å². The minimum absolute atomic E-state index is 0.0276. The number of nitriles is 1. The molecule has 7 rings (SSSR count). The number of phenolic OH excluding ortho intramolecular Hbond substituents is 1. The molecule has 0 unspecified atom stereocenters. The van der Waals surface area contributed by atoms with E-state index >= 15 is 4.39 Å². The van der Waals surface area contributed by atoms with Crippen LogP contribution in [0.3, 0.4) is 0 Å². The Kier molecular flexibility index (Phi) is 7.72. The molecular weight excluding hydrogens is 578 g/mol. The van der Waals surface area contributed by atoms with Crippen molar-refractivity contribution in [2.24, 2.45) is 5.92 Å². The zero-order valence-electron chi connectivity index (χ0n) is 25.6. The smallest absolute Gasteiger partial charge is 0.318 e. The number of amides is 1. The summed E-state index contributed by atoms with van der Waals surface area (Å²) in [4.78, 5) is 29.7. The Hall–Kier alpha value is -4.04. The number of aromatic hydroxyl groups is 1. The van der Waals surface area contributed by atoms with Crippen LogP contribution in [0.1, 0.15) is 73.5 Å². The van der Waals surface area contributed by atoms with Crippen molar-refractivity contribution in [2.75, 3.05) is 42.6 Å². The molecule has 0 spiro atoms. The molecule has 4 aliphatic heterocycles. The van der Waals surface area contributed by atoms with Crippen LogP contribution in [0.2, 0.25) is 0 Å². The lowest BCUT2D eigenvalue weighted by atomic mass is 9.95.